The average molecular weight is 405 g/mol. The first-order chi connectivity index (χ1) is 14.5. The topological polar surface area (TPSA) is 80.1 Å². The standard InChI is InChI=1S/C22H20FN5O2/c1-27-20-14(8-5-9-24-20)15-10-16(15)18(22(27)30)25-21(29)19-17(23)12-28(26-19)11-13-6-3-2-4-7-13/h2-9,12,15-16,18H,10-11H2,1H3,(H,25,29)/t15-,16-,18-/m0/s1. The molecule has 5 rings (SSSR count). The molecule has 3 heterocycles. The Morgan fingerprint density at radius 3 is 2.83 bits per heavy atom. The van der Waals surface area contributed by atoms with Crippen molar-refractivity contribution in [3.8, 4) is 0 Å². The molecule has 1 aliphatic carbocycles. The smallest absolute Gasteiger partial charge is 0.275 e. The number of nitrogens with zero attached hydrogens (tertiary/aromatic N) is 4. The van der Waals surface area contributed by atoms with Gasteiger partial charge in [0.05, 0.1) is 12.7 Å². The van der Waals surface area contributed by atoms with Crippen molar-refractivity contribution < 1.29 is 14.0 Å². The van der Waals surface area contributed by atoms with Crippen molar-refractivity contribution in [3.63, 3.8) is 0 Å². The largest absolute Gasteiger partial charge is 0.338 e. The molecule has 2 amide bonds. The first-order valence-electron chi connectivity index (χ1n) is 9.83. The van der Waals surface area contributed by atoms with Gasteiger partial charge in [-0.2, -0.15) is 5.10 Å². The fourth-order valence-electron chi connectivity index (χ4n) is 4.20. The number of anilines is 1. The zero-order valence-electron chi connectivity index (χ0n) is 16.3. The Balaban J connectivity index is 1.36. The second kappa shape index (κ2) is 7.05. The molecule has 3 atom stereocenters. The monoisotopic (exact) mass is 405 g/mol. The Labute approximate surface area is 172 Å². The number of carbonyl (C=O) groups excluding carboxylic acids is 2. The molecule has 152 valence electrons. The van der Waals surface area contributed by atoms with E-state index in [2.05, 4.69) is 15.4 Å². The van der Waals surface area contributed by atoms with Crippen molar-refractivity contribution >= 4 is 17.6 Å². The number of aromatic nitrogens is 3. The molecule has 3 aromatic rings. The molecule has 2 aromatic heterocycles. The van der Waals surface area contributed by atoms with Crippen LogP contribution >= 0.6 is 0 Å². The molecule has 1 saturated carbocycles. The van der Waals surface area contributed by atoms with Gasteiger partial charge in [0.2, 0.25) is 0 Å². The highest BCUT2D eigenvalue weighted by Gasteiger charge is 2.52. The summed E-state index contributed by atoms with van der Waals surface area (Å²) in [5.74, 6) is -0.898. The lowest BCUT2D eigenvalue weighted by atomic mass is 10.1. The number of benzene rings is 1. The van der Waals surface area contributed by atoms with E-state index in [9.17, 15) is 14.0 Å². The van der Waals surface area contributed by atoms with E-state index in [1.165, 1.54) is 15.8 Å². The maximum absolute atomic E-state index is 14.4. The summed E-state index contributed by atoms with van der Waals surface area (Å²) in [7, 11) is 1.65. The van der Waals surface area contributed by atoms with E-state index in [4.69, 9.17) is 0 Å². The summed E-state index contributed by atoms with van der Waals surface area (Å²) in [5.41, 5.74) is 1.64. The van der Waals surface area contributed by atoms with Gasteiger partial charge in [0.15, 0.2) is 11.5 Å². The van der Waals surface area contributed by atoms with E-state index in [1.807, 2.05) is 42.5 Å². The zero-order chi connectivity index (χ0) is 20.8. The van der Waals surface area contributed by atoms with Crippen LogP contribution in [0.4, 0.5) is 10.2 Å². The Morgan fingerprint density at radius 1 is 1.23 bits per heavy atom. The van der Waals surface area contributed by atoms with Gasteiger partial charge in [-0.25, -0.2) is 9.37 Å². The van der Waals surface area contributed by atoms with Crippen LogP contribution in [0, 0.1) is 11.7 Å². The van der Waals surface area contributed by atoms with Gasteiger partial charge in [0.25, 0.3) is 11.8 Å². The summed E-state index contributed by atoms with van der Waals surface area (Å²) in [6.07, 6.45) is 3.63. The van der Waals surface area contributed by atoms with Gasteiger partial charge in [-0.05, 0) is 35.4 Å². The summed E-state index contributed by atoms with van der Waals surface area (Å²) in [4.78, 5) is 31.6. The number of fused-ring (bicyclic) bond motifs is 3. The molecule has 1 fully saturated rings. The minimum atomic E-state index is -0.736. The first-order valence-corrected chi connectivity index (χ1v) is 9.83. The van der Waals surface area contributed by atoms with Crippen molar-refractivity contribution in [3.05, 3.63) is 77.5 Å². The predicted octanol–water partition coefficient (Wildman–Crippen LogP) is 2.34. The van der Waals surface area contributed by atoms with Crippen molar-refractivity contribution in [2.75, 3.05) is 11.9 Å². The minimum Gasteiger partial charge on any atom is -0.338 e. The molecule has 2 aliphatic rings. The van der Waals surface area contributed by atoms with Gasteiger partial charge in [-0.1, -0.05) is 36.4 Å². The second-order valence-corrected chi connectivity index (χ2v) is 7.78. The molecule has 30 heavy (non-hydrogen) atoms. The second-order valence-electron chi connectivity index (χ2n) is 7.78. The van der Waals surface area contributed by atoms with Gasteiger partial charge >= 0.3 is 0 Å². The first kappa shape index (κ1) is 18.5. The lowest BCUT2D eigenvalue weighted by Crippen LogP contribution is -2.48. The van der Waals surface area contributed by atoms with Gasteiger partial charge in [0, 0.05) is 13.2 Å². The summed E-state index contributed by atoms with van der Waals surface area (Å²) < 4.78 is 15.8. The van der Waals surface area contributed by atoms with Crippen LogP contribution < -0.4 is 10.2 Å². The minimum absolute atomic E-state index is 0.0242. The number of nitrogens with one attached hydrogen (secondary N) is 1. The number of rotatable bonds is 4. The van der Waals surface area contributed by atoms with Crippen LogP contribution in [0.3, 0.4) is 0 Å². The summed E-state index contributed by atoms with van der Waals surface area (Å²) in [6, 6.07) is 12.5. The van der Waals surface area contributed by atoms with Crippen LogP contribution in [0.2, 0.25) is 0 Å². The Bertz CT molecular complexity index is 1130. The van der Waals surface area contributed by atoms with E-state index in [0.717, 1.165) is 17.5 Å². The predicted molar refractivity (Wildman–Crippen MR) is 107 cm³/mol. The molecule has 0 saturated heterocycles. The van der Waals surface area contributed by atoms with Crippen LogP contribution in [-0.2, 0) is 11.3 Å². The van der Waals surface area contributed by atoms with Crippen molar-refractivity contribution in [2.45, 2.75) is 24.9 Å². The summed E-state index contributed by atoms with van der Waals surface area (Å²) in [6.45, 7) is 0.349. The number of carbonyl (C=O) groups is 2. The number of hydrogen-bond acceptors (Lipinski definition) is 4. The van der Waals surface area contributed by atoms with E-state index in [0.29, 0.717) is 12.4 Å². The van der Waals surface area contributed by atoms with Crippen LogP contribution in [-0.4, -0.2) is 39.7 Å². The fourth-order valence-corrected chi connectivity index (χ4v) is 4.20. The lowest BCUT2D eigenvalue weighted by molar-refractivity contribution is -0.120. The molecule has 0 radical (unpaired) electrons. The maximum atomic E-state index is 14.4. The average Bonchev–Trinajstić information content (AvgIpc) is 3.47. The molecule has 8 heteroatoms. The third-order valence-electron chi connectivity index (χ3n) is 5.80. The summed E-state index contributed by atoms with van der Waals surface area (Å²) in [5, 5.41) is 6.83. The fraction of sp³-hybridized carbons (Fsp3) is 0.273. The highest BCUT2D eigenvalue weighted by atomic mass is 19.1. The SMILES string of the molecule is CN1C(=O)[C@@H](NC(=O)c2nn(Cc3ccccc3)cc2F)[C@H]2C[C@H]2c2cccnc21. The molecule has 0 spiro atoms. The number of likely N-dealkylation sites (N-methyl/N-ethyl adjacent to an activating group) is 1. The number of amides is 2. The van der Waals surface area contributed by atoms with Crippen LogP contribution in [0.5, 0.6) is 0 Å². The Hall–Kier alpha value is -3.55. The van der Waals surface area contributed by atoms with Gasteiger partial charge in [0.1, 0.15) is 11.9 Å². The normalized spacial score (nSPS) is 22.1. The highest BCUT2D eigenvalue weighted by molar-refractivity contribution is 6.02. The molecule has 0 bridgehead atoms. The van der Waals surface area contributed by atoms with Crippen LogP contribution in [0.1, 0.15) is 34.0 Å². The van der Waals surface area contributed by atoms with Gasteiger partial charge in [-0.3, -0.25) is 19.2 Å². The molecular weight excluding hydrogens is 385 g/mol. The third-order valence-corrected chi connectivity index (χ3v) is 5.80. The van der Waals surface area contributed by atoms with E-state index < -0.39 is 17.8 Å². The van der Waals surface area contributed by atoms with Crippen molar-refractivity contribution in [1.82, 2.24) is 20.1 Å². The Kier molecular flexibility index (Phi) is 4.34. The van der Waals surface area contributed by atoms with Crippen molar-refractivity contribution in [2.24, 2.45) is 5.92 Å². The van der Waals surface area contributed by atoms with Gasteiger partial charge < -0.3 is 5.32 Å². The Morgan fingerprint density at radius 2 is 2.03 bits per heavy atom. The number of halogens is 1. The van der Waals surface area contributed by atoms with Crippen LogP contribution in [0.25, 0.3) is 0 Å². The van der Waals surface area contributed by atoms with Crippen molar-refractivity contribution in [1.29, 1.82) is 0 Å². The van der Waals surface area contributed by atoms with E-state index in [1.54, 1.807) is 13.2 Å². The van der Waals surface area contributed by atoms with Gasteiger partial charge in [-0.15, -0.1) is 0 Å². The number of pyridine rings is 1. The molecule has 1 aliphatic heterocycles. The quantitative estimate of drug-likeness (QED) is 0.723. The molecule has 1 aromatic carbocycles. The molecule has 7 nitrogen and oxygen atoms in total. The molecule has 1 N–H and O–H groups in total. The van der Waals surface area contributed by atoms with E-state index in [-0.39, 0.29) is 23.4 Å². The molecule has 0 unspecified atom stereocenters. The highest BCUT2D eigenvalue weighted by Crippen LogP contribution is 2.53. The third kappa shape index (κ3) is 3.14. The number of hydrogen-bond donors (Lipinski definition) is 1. The maximum Gasteiger partial charge on any atom is 0.275 e. The lowest BCUT2D eigenvalue weighted by Gasteiger charge is -2.22. The summed E-state index contributed by atoms with van der Waals surface area (Å²) >= 11 is 0. The molecular formula is C22H20FN5O2. The van der Waals surface area contributed by atoms with Crippen LogP contribution in [0.15, 0.2) is 54.9 Å². The zero-order valence-corrected chi connectivity index (χ0v) is 16.3. The van der Waals surface area contributed by atoms with E-state index >= 15 is 0 Å².